The summed E-state index contributed by atoms with van der Waals surface area (Å²) in [6.45, 7) is 3.43. The van der Waals surface area contributed by atoms with Gasteiger partial charge >= 0.3 is 5.97 Å². The van der Waals surface area contributed by atoms with Gasteiger partial charge in [0.25, 0.3) is 15.9 Å². The van der Waals surface area contributed by atoms with Crippen LogP contribution < -0.4 is 19.1 Å². The van der Waals surface area contributed by atoms with E-state index in [2.05, 4.69) is 5.32 Å². The summed E-state index contributed by atoms with van der Waals surface area (Å²) in [5.41, 5.74) is 1.85. The van der Waals surface area contributed by atoms with E-state index in [1.807, 2.05) is 0 Å². The lowest BCUT2D eigenvalue weighted by molar-refractivity contribution is 0.0526. The smallest absolute Gasteiger partial charge is 0.338 e. The van der Waals surface area contributed by atoms with Gasteiger partial charge in [0.05, 0.1) is 25.0 Å². The van der Waals surface area contributed by atoms with Gasteiger partial charge in [0.2, 0.25) is 0 Å². The topological polar surface area (TPSA) is 111 Å². The largest absolute Gasteiger partial charge is 0.495 e. The van der Waals surface area contributed by atoms with Gasteiger partial charge in [-0.3, -0.25) is 4.79 Å². The molecular formula is C25H23ClN2O7S. The van der Waals surface area contributed by atoms with Crippen LogP contribution in [0.2, 0.25) is 5.02 Å². The van der Waals surface area contributed by atoms with Gasteiger partial charge in [-0.25, -0.2) is 17.5 Å². The molecule has 0 saturated carbocycles. The van der Waals surface area contributed by atoms with E-state index in [0.717, 1.165) is 4.31 Å². The van der Waals surface area contributed by atoms with Crippen molar-refractivity contribution < 1.29 is 32.2 Å². The van der Waals surface area contributed by atoms with Gasteiger partial charge in [-0.2, -0.15) is 0 Å². The van der Waals surface area contributed by atoms with E-state index in [9.17, 15) is 18.0 Å². The number of hydrogen-bond donors (Lipinski definition) is 1. The molecule has 0 aromatic heterocycles. The number of hydrogen-bond acceptors (Lipinski definition) is 7. The minimum Gasteiger partial charge on any atom is -0.495 e. The first kappa shape index (κ1) is 25.3. The van der Waals surface area contributed by atoms with Crippen molar-refractivity contribution in [2.45, 2.75) is 18.7 Å². The minimum absolute atomic E-state index is 0.122. The summed E-state index contributed by atoms with van der Waals surface area (Å²) in [5, 5.41) is 2.98. The molecule has 1 aliphatic rings. The molecule has 36 heavy (non-hydrogen) atoms. The molecule has 9 nitrogen and oxygen atoms in total. The Kier molecular flexibility index (Phi) is 7.09. The standard InChI is InChI=1S/C25H23ClN2O7S/c1-4-34-25(30)16-5-8-19(9-6-16)27-24(29)17-11-15(2)23-20(12-17)28(14-35-23)36(31,32)22-13-18(26)7-10-21(22)33-3/h5-13H,4,14H2,1-3H3,(H,27,29). The molecule has 0 unspecified atom stereocenters. The van der Waals surface area contributed by atoms with Crippen molar-refractivity contribution in [3.63, 3.8) is 0 Å². The Morgan fingerprint density at radius 1 is 1.08 bits per heavy atom. The summed E-state index contributed by atoms with van der Waals surface area (Å²) in [4.78, 5) is 24.7. The van der Waals surface area contributed by atoms with Crippen LogP contribution in [0.15, 0.2) is 59.5 Å². The molecule has 1 aliphatic heterocycles. The van der Waals surface area contributed by atoms with Gasteiger partial charge in [-0.15, -0.1) is 0 Å². The number of anilines is 2. The fourth-order valence-corrected chi connectivity index (χ4v) is 5.47. The molecule has 11 heteroatoms. The van der Waals surface area contributed by atoms with Crippen LogP contribution in [0.4, 0.5) is 11.4 Å². The van der Waals surface area contributed by atoms with Crippen molar-refractivity contribution in [3.05, 3.63) is 76.3 Å². The predicted octanol–water partition coefficient (Wildman–Crippen LogP) is 4.63. The maximum Gasteiger partial charge on any atom is 0.338 e. The molecule has 0 radical (unpaired) electrons. The van der Waals surface area contributed by atoms with E-state index >= 15 is 0 Å². The van der Waals surface area contributed by atoms with Crippen molar-refractivity contribution in [2.75, 3.05) is 30.1 Å². The van der Waals surface area contributed by atoms with E-state index in [1.54, 1.807) is 44.2 Å². The summed E-state index contributed by atoms with van der Waals surface area (Å²) < 4.78 is 43.9. The molecule has 0 aliphatic carbocycles. The third-order valence-corrected chi connectivity index (χ3v) is 7.45. The number of rotatable bonds is 7. The van der Waals surface area contributed by atoms with Gasteiger partial charge in [0.1, 0.15) is 16.4 Å². The highest BCUT2D eigenvalue weighted by molar-refractivity contribution is 7.93. The maximum absolute atomic E-state index is 13.5. The normalized spacial score (nSPS) is 12.5. The van der Waals surface area contributed by atoms with Crippen LogP contribution in [0, 0.1) is 6.92 Å². The Balaban J connectivity index is 1.63. The number of nitrogens with zero attached hydrogens (tertiary/aromatic N) is 1. The Labute approximate surface area is 213 Å². The van der Waals surface area contributed by atoms with E-state index < -0.39 is 21.9 Å². The lowest BCUT2D eigenvalue weighted by atomic mass is 10.1. The second kappa shape index (κ2) is 10.1. The Hall–Kier alpha value is -3.76. The van der Waals surface area contributed by atoms with Crippen LogP contribution in [0.5, 0.6) is 11.5 Å². The molecule has 0 atom stereocenters. The van der Waals surface area contributed by atoms with Crippen LogP contribution in [0.3, 0.4) is 0 Å². The maximum atomic E-state index is 13.5. The molecule has 3 aromatic rings. The SMILES string of the molecule is CCOC(=O)c1ccc(NC(=O)c2cc(C)c3c(c2)N(S(=O)(=O)c2cc(Cl)ccc2OC)CO3)cc1. The van der Waals surface area contributed by atoms with Crippen LogP contribution in [0.1, 0.15) is 33.2 Å². The molecule has 0 spiro atoms. The number of carbonyl (C=O) groups is 2. The van der Waals surface area contributed by atoms with Crippen molar-refractivity contribution in [3.8, 4) is 11.5 Å². The first-order chi connectivity index (χ1) is 17.1. The highest BCUT2D eigenvalue weighted by atomic mass is 35.5. The van der Waals surface area contributed by atoms with E-state index in [0.29, 0.717) is 22.6 Å². The number of esters is 1. The number of nitrogens with one attached hydrogen (secondary N) is 1. The Bertz CT molecular complexity index is 1440. The summed E-state index contributed by atoms with van der Waals surface area (Å²) in [5.74, 6) is -0.434. The summed E-state index contributed by atoms with van der Waals surface area (Å²) >= 11 is 6.05. The average molecular weight is 531 g/mol. The van der Waals surface area contributed by atoms with Gasteiger partial charge in [-0.05, 0) is 74.0 Å². The number of carbonyl (C=O) groups excluding carboxylic acids is 2. The molecule has 0 fully saturated rings. The molecule has 0 saturated heterocycles. The molecule has 4 rings (SSSR count). The monoisotopic (exact) mass is 530 g/mol. The molecular weight excluding hydrogens is 508 g/mol. The number of fused-ring (bicyclic) bond motifs is 1. The number of methoxy groups -OCH3 is 1. The lowest BCUT2D eigenvalue weighted by Crippen LogP contribution is -2.30. The molecule has 0 bridgehead atoms. The number of benzene rings is 3. The fraction of sp³-hybridized carbons (Fsp3) is 0.200. The van der Waals surface area contributed by atoms with Crippen molar-refractivity contribution >= 4 is 44.9 Å². The van der Waals surface area contributed by atoms with Gasteiger partial charge in [0, 0.05) is 16.3 Å². The number of sulfonamides is 1. The van der Waals surface area contributed by atoms with Crippen LogP contribution >= 0.6 is 11.6 Å². The summed E-state index contributed by atoms with van der Waals surface area (Å²) in [7, 11) is -2.77. The zero-order chi connectivity index (χ0) is 26.0. The van der Waals surface area contributed by atoms with Crippen LogP contribution in [-0.4, -0.2) is 40.7 Å². The van der Waals surface area contributed by atoms with E-state index in [1.165, 1.54) is 31.4 Å². The molecule has 188 valence electrons. The molecule has 3 aromatic carbocycles. The molecule has 1 amide bonds. The van der Waals surface area contributed by atoms with Gasteiger partial charge in [-0.1, -0.05) is 11.6 Å². The third-order valence-electron chi connectivity index (χ3n) is 5.46. The second-order valence-corrected chi connectivity index (χ2v) is 10.1. The van der Waals surface area contributed by atoms with E-state index in [4.69, 9.17) is 25.8 Å². The zero-order valence-electron chi connectivity index (χ0n) is 19.7. The predicted molar refractivity (Wildman–Crippen MR) is 135 cm³/mol. The first-order valence-corrected chi connectivity index (χ1v) is 12.7. The fourth-order valence-electron chi connectivity index (χ4n) is 3.73. The highest BCUT2D eigenvalue weighted by Gasteiger charge is 2.36. The van der Waals surface area contributed by atoms with Gasteiger partial charge < -0.3 is 19.5 Å². The third kappa shape index (κ3) is 4.82. The molecule has 1 heterocycles. The van der Waals surface area contributed by atoms with Gasteiger partial charge in [0.15, 0.2) is 6.73 Å². The Morgan fingerprint density at radius 2 is 1.81 bits per heavy atom. The minimum atomic E-state index is -4.13. The summed E-state index contributed by atoms with van der Waals surface area (Å²) in [6, 6.07) is 13.6. The highest BCUT2D eigenvalue weighted by Crippen LogP contribution is 2.42. The van der Waals surface area contributed by atoms with Crippen molar-refractivity contribution in [1.82, 2.24) is 0 Å². The first-order valence-electron chi connectivity index (χ1n) is 10.9. The van der Waals surface area contributed by atoms with Crippen LogP contribution in [-0.2, 0) is 14.8 Å². The number of halogens is 1. The van der Waals surface area contributed by atoms with Crippen LogP contribution in [0.25, 0.3) is 0 Å². The lowest BCUT2D eigenvalue weighted by Gasteiger charge is -2.19. The quantitative estimate of drug-likeness (QED) is 0.443. The second-order valence-electron chi connectivity index (χ2n) is 7.82. The van der Waals surface area contributed by atoms with Crippen molar-refractivity contribution in [2.24, 2.45) is 0 Å². The molecule has 1 N–H and O–H groups in total. The zero-order valence-corrected chi connectivity index (χ0v) is 21.3. The number of amides is 1. The van der Waals surface area contributed by atoms with Crippen molar-refractivity contribution in [1.29, 1.82) is 0 Å². The average Bonchev–Trinajstić information content (AvgIpc) is 3.30. The number of aryl methyl sites for hydroxylation is 1. The number of ether oxygens (including phenoxy) is 3. The van der Waals surface area contributed by atoms with E-state index in [-0.39, 0.29) is 40.3 Å². The Morgan fingerprint density at radius 3 is 2.47 bits per heavy atom. The summed E-state index contributed by atoms with van der Waals surface area (Å²) in [6.07, 6.45) is 0.